The van der Waals surface area contributed by atoms with Crippen LogP contribution in [-0.4, -0.2) is 6.17 Å². The highest BCUT2D eigenvalue weighted by Crippen LogP contribution is 2.18. The molecule has 0 amide bonds. The molecule has 1 rings (SSSR count). The van der Waals surface area contributed by atoms with Crippen LogP contribution in [0.1, 0.15) is 54.4 Å². The standard InChI is InChI=1S/C9H13F.2C2H6/c1-7-3-4-9(10)6-8(2)5-7;2*1-2/h5-6,9H,3-4H2,1-2H3;2*1-2H3. The minimum atomic E-state index is -0.728. The van der Waals surface area contributed by atoms with Crippen LogP contribution in [0.15, 0.2) is 23.3 Å². The molecular weight excluding hydrogens is 175 g/mol. The lowest BCUT2D eigenvalue weighted by Crippen LogP contribution is -1.92. The van der Waals surface area contributed by atoms with Crippen molar-refractivity contribution in [1.82, 2.24) is 0 Å². The fraction of sp³-hybridized carbons (Fsp3) is 0.692. The maximum absolute atomic E-state index is 12.8. The first-order chi connectivity index (χ1) is 6.68. The molecule has 0 aliphatic heterocycles. The van der Waals surface area contributed by atoms with E-state index in [2.05, 4.69) is 13.0 Å². The van der Waals surface area contributed by atoms with Crippen LogP contribution in [0, 0.1) is 0 Å². The lowest BCUT2D eigenvalue weighted by Gasteiger charge is -1.97. The highest BCUT2D eigenvalue weighted by molar-refractivity contribution is 5.24. The molecule has 1 heteroatoms. The van der Waals surface area contributed by atoms with Crippen LogP contribution >= 0.6 is 0 Å². The molecule has 0 aromatic carbocycles. The van der Waals surface area contributed by atoms with Gasteiger partial charge in [0.15, 0.2) is 0 Å². The molecule has 14 heavy (non-hydrogen) atoms. The predicted molar refractivity (Wildman–Crippen MR) is 64.3 cm³/mol. The zero-order valence-electron chi connectivity index (χ0n) is 10.5. The molecule has 0 fully saturated rings. The van der Waals surface area contributed by atoms with E-state index in [1.54, 1.807) is 6.08 Å². The molecule has 0 spiro atoms. The van der Waals surface area contributed by atoms with Gasteiger partial charge < -0.3 is 0 Å². The summed E-state index contributed by atoms with van der Waals surface area (Å²) in [6.45, 7) is 12.0. The first-order valence-electron chi connectivity index (χ1n) is 5.68. The highest BCUT2D eigenvalue weighted by atomic mass is 19.1. The van der Waals surface area contributed by atoms with Crippen LogP contribution < -0.4 is 0 Å². The monoisotopic (exact) mass is 200 g/mol. The van der Waals surface area contributed by atoms with Crippen LogP contribution in [0.5, 0.6) is 0 Å². The van der Waals surface area contributed by atoms with Gasteiger partial charge in [0.1, 0.15) is 6.17 Å². The Balaban J connectivity index is 0. The first-order valence-corrected chi connectivity index (χ1v) is 5.68. The molecule has 1 aliphatic carbocycles. The summed E-state index contributed by atoms with van der Waals surface area (Å²) in [4.78, 5) is 0. The molecule has 1 aliphatic rings. The summed E-state index contributed by atoms with van der Waals surface area (Å²) in [5, 5.41) is 0. The average Bonchev–Trinajstić information content (AvgIpc) is 2.34. The summed E-state index contributed by atoms with van der Waals surface area (Å²) in [6.07, 6.45) is 4.57. The van der Waals surface area contributed by atoms with Gasteiger partial charge in [-0.05, 0) is 32.8 Å². The predicted octanol–water partition coefficient (Wildman–Crippen LogP) is 5.06. The van der Waals surface area contributed by atoms with Crippen LogP contribution in [0.2, 0.25) is 0 Å². The average molecular weight is 200 g/mol. The van der Waals surface area contributed by atoms with Crippen molar-refractivity contribution in [2.45, 2.75) is 60.6 Å². The summed E-state index contributed by atoms with van der Waals surface area (Å²) in [7, 11) is 0. The third-order valence-corrected chi connectivity index (χ3v) is 1.73. The molecule has 1 atom stereocenters. The third-order valence-electron chi connectivity index (χ3n) is 1.73. The zero-order valence-corrected chi connectivity index (χ0v) is 10.5. The van der Waals surface area contributed by atoms with Crippen LogP contribution in [-0.2, 0) is 0 Å². The van der Waals surface area contributed by atoms with Crippen molar-refractivity contribution >= 4 is 0 Å². The summed E-state index contributed by atoms with van der Waals surface area (Å²) in [5.74, 6) is 0. The second-order valence-corrected chi connectivity index (χ2v) is 2.96. The summed E-state index contributed by atoms with van der Waals surface area (Å²) in [5.41, 5.74) is 2.34. The second-order valence-electron chi connectivity index (χ2n) is 2.96. The number of hydrogen-bond donors (Lipinski definition) is 0. The molecule has 1 unspecified atom stereocenters. The number of allylic oxidation sites excluding steroid dienone is 4. The summed E-state index contributed by atoms with van der Waals surface area (Å²) in [6, 6.07) is 0. The third kappa shape index (κ3) is 8.03. The van der Waals surface area contributed by atoms with E-state index in [9.17, 15) is 4.39 Å². The van der Waals surface area contributed by atoms with Gasteiger partial charge in [-0.3, -0.25) is 0 Å². The quantitative estimate of drug-likeness (QED) is 0.512. The zero-order chi connectivity index (χ0) is 11.6. The van der Waals surface area contributed by atoms with Crippen molar-refractivity contribution in [2.24, 2.45) is 0 Å². The van der Waals surface area contributed by atoms with E-state index in [0.717, 1.165) is 12.0 Å². The lowest BCUT2D eigenvalue weighted by atomic mass is 10.1. The van der Waals surface area contributed by atoms with Gasteiger partial charge in [-0.15, -0.1) is 0 Å². The number of halogens is 1. The van der Waals surface area contributed by atoms with Crippen molar-refractivity contribution in [1.29, 1.82) is 0 Å². The molecular formula is C13H25F. The van der Waals surface area contributed by atoms with Gasteiger partial charge >= 0.3 is 0 Å². The molecule has 84 valence electrons. The van der Waals surface area contributed by atoms with E-state index >= 15 is 0 Å². The Kier molecular flexibility index (Phi) is 11.9. The van der Waals surface area contributed by atoms with E-state index in [1.165, 1.54) is 5.57 Å². The van der Waals surface area contributed by atoms with Gasteiger partial charge in [-0.2, -0.15) is 0 Å². The second kappa shape index (κ2) is 10.5. The van der Waals surface area contributed by atoms with Gasteiger partial charge in [-0.25, -0.2) is 4.39 Å². The lowest BCUT2D eigenvalue weighted by molar-refractivity contribution is 0.379. The largest absolute Gasteiger partial charge is 0.243 e. The topological polar surface area (TPSA) is 0 Å². The molecule has 0 heterocycles. The van der Waals surface area contributed by atoms with Gasteiger partial charge in [0, 0.05) is 0 Å². The molecule has 0 aromatic rings. The minimum absolute atomic E-state index is 0.652. The fourth-order valence-electron chi connectivity index (χ4n) is 1.24. The molecule has 0 radical (unpaired) electrons. The van der Waals surface area contributed by atoms with Crippen LogP contribution in [0.25, 0.3) is 0 Å². The SMILES string of the molecule is CC.CC.CC1=CC(F)CCC(C)=C1. The van der Waals surface area contributed by atoms with E-state index < -0.39 is 6.17 Å². The molecule has 0 N–H and O–H groups in total. The smallest absolute Gasteiger partial charge is 0.119 e. The van der Waals surface area contributed by atoms with Crippen molar-refractivity contribution in [3.8, 4) is 0 Å². The van der Waals surface area contributed by atoms with Gasteiger partial charge in [0.2, 0.25) is 0 Å². The Bertz CT molecular complexity index is 178. The summed E-state index contributed by atoms with van der Waals surface area (Å²) >= 11 is 0. The van der Waals surface area contributed by atoms with Crippen molar-refractivity contribution in [2.75, 3.05) is 0 Å². The van der Waals surface area contributed by atoms with Crippen molar-refractivity contribution in [3.63, 3.8) is 0 Å². The highest BCUT2D eigenvalue weighted by Gasteiger charge is 2.06. The molecule has 0 aromatic heterocycles. The Labute approximate surface area is 88.9 Å². The number of alkyl halides is 1. The molecule has 0 saturated carbocycles. The Morgan fingerprint density at radius 3 is 2.14 bits per heavy atom. The molecule has 0 bridgehead atoms. The van der Waals surface area contributed by atoms with E-state index in [0.29, 0.717) is 6.42 Å². The van der Waals surface area contributed by atoms with Gasteiger partial charge in [0.25, 0.3) is 0 Å². The van der Waals surface area contributed by atoms with E-state index in [1.807, 2.05) is 34.6 Å². The minimum Gasteiger partial charge on any atom is -0.243 e. The number of hydrogen-bond acceptors (Lipinski definition) is 0. The summed E-state index contributed by atoms with van der Waals surface area (Å²) < 4.78 is 12.8. The fourth-order valence-corrected chi connectivity index (χ4v) is 1.24. The maximum atomic E-state index is 12.8. The van der Waals surface area contributed by atoms with E-state index in [4.69, 9.17) is 0 Å². The van der Waals surface area contributed by atoms with Crippen molar-refractivity contribution < 1.29 is 4.39 Å². The van der Waals surface area contributed by atoms with Gasteiger partial charge in [-0.1, -0.05) is 44.9 Å². The Hall–Kier alpha value is -0.590. The maximum Gasteiger partial charge on any atom is 0.119 e. The van der Waals surface area contributed by atoms with Crippen molar-refractivity contribution in [3.05, 3.63) is 23.3 Å². The first kappa shape index (κ1) is 15.9. The number of rotatable bonds is 0. The molecule has 0 nitrogen and oxygen atoms in total. The van der Waals surface area contributed by atoms with Crippen LogP contribution in [0.4, 0.5) is 4.39 Å². The van der Waals surface area contributed by atoms with Gasteiger partial charge in [0.05, 0.1) is 0 Å². The Morgan fingerprint density at radius 2 is 1.64 bits per heavy atom. The normalized spacial score (nSPS) is 20.1. The van der Waals surface area contributed by atoms with Crippen LogP contribution in [0.3, 0.4) is 0 Å². The molecule has 0 saturated heterocycles. The van der Waals surface area contributed by atoms with E-state index in [-0.39, 0.29) is 0 Å². The Morgan fingerprint density at radius 1 is 1.14 bits per heavy atom.